The first-order valence-electron chi connectivity index (χ1n) is 6.46. The van der Waals surface area contributed by atoms with Crippen LogP contribution in [-0.2, 0) is 0 Å². The molecule has 3 N–H and O–H groups in total. The molecule has 0 saturated carbocycles. The van der Waals surface area contributed by atoms with Crippen LogP contribution in [0.4, 0.5) is 13.2 Å². The number of carbonyl (C=O) groups excluding carboxylic acids is 1. The van der Waals surface area contributed by atoms with Crippen molar-refractivity contribution in [3.05, 3.63) is 29.8 Å². The second-order valence-corrected chi connectivity index (χ2v) is 6.44. The van der Waals surface area contributed by atoms with Crippen LogP contribution in [0.2, 0.25) is 0 Å². The van der Waals surface area contributed by atoms with Crippen LogP contribution < -0.4 is 11.1 Å². The highest BCUT2D eigenvalue weighted by Gasteiger charge is 2.30. The fourth-order valence-electron chi connectivity index (χ4n) is 1.57. The minimum atomic E-state index is -4.33. The molecule has 0 heterocycles. The van der Waals surface area contributed by atoms with Crippen molar-refractivity contribution in [1.82, 2.24) is 5.32 Å². The molecule has 0 aliphatic carbocycles. The van der Waals surface area contributed by atoms with Gasteiger partial charge in [-0.25, -0.2) is 0 Å². The zero-order valence-corrected chi connectivity index (χ0v) is 14.2. The molecule has 0 spiro atoms. The first kappa shape index (κ1) is 21.1. The summed E-state index contributed by atoms with van der Waals surface area (Å²) in [6.07, 6.45) is 0. The predicted molar refractivity (Wildman–Crippen MR) is 85.4 cm³/mol. The van der Waals surface area contributed by atoms with Crippen molar-refractivity contribution in [2.24, 2.45) is 11.7 Å². The lowest BCUT2D eigenvalue weighted by Gasteiger charge is -2.33. The number of rotatable bonds is 5. The van der Waals surface area contributed by atoms with Crippen molar-refractivity contribution in [2.75, 3.05) is 6.54 Å². The van der Waals surface area contributed by atoms with Crippen LogP contribution in [0.5, 0.6) is 0 Å². The average Bonchev–Trinajstić information content (AvgIpc) is 2.37. The molecule has 0 aromatic heterocycles. The van der Waals surface area contributed by atoms with E-state index in [9.17, 15) is 18.0 Å². The van der Waals surface area contributed by atoms with E-state index in [2.05, 4.69) is 5.32 Å². The third kappa shape index (κ3) is 6.06. The van der Waals surface area contributed by atoms with E-state index in [1.807, 2.05) is 20.8 Å². The number of amides is 1. The second-order valence-electron chi connectivity index (χ2n) is 5.30. The van der Waals surface area contributed by atoms with Gasteiger partial charge >= 0.3 is 5.51 Å². The van der Waals surface area contributed by atoms with Crippen molar-refractivity contribution in [2.45, 2.75) is 36.7 Å². The van der Waals surface area contributed by atoms with E-state index >= 15 is 0 Å². The molecule has 0 saturated heterocycles. The van der Waals surface area contributed by atoms with Gasteiger partial charge in [-0.2, -0.15) is 13.2 Å². The van der Waals surface area contributed by atoms with Gasteiger partial charge in [0.15, 0.2) is 0 Å². The van der Waals surface area contributed by atoms with Crippen molar-refractivity contribution >= 4 is 30.1 Å². The van der Waals surface area contributed by atoms with Crippen molar-refractivity contribution < 1.29 is 18.0 Å². The summed E-state index contributed by atoms with van der Waals surface area (Å²) in [5.41, 5.74) is 1.10. The largest absolute Gasteiger partial charge is 0.446 e. The molecule has 3 nitrogen and oxygen atoms in total. The van der Waals surface area contributed by atoms with E-state index in [0.29, 0.717) is 5.56 Å². The van der Waals surface area contributed by atoms with E-state index in [1.165, 1.54) is 24.3 Å². The molecule has 1 rings (SSSR count). The Hall–Kier alpha value is -0.920. The van der Waals surface area contributed by atoms with E-state index < -0.39 is 11.0 Å². The molecule has 0 aliphatic heterocycles. The number of hydrogen-bond acceptors (Lipinski definition) is 3. The number of nitrogens with one attached hydrogen (secondary N) is 1. The Kier molecular flexibility index (Phi) is 7.74. The highest BCUT2D eigenvalue weighted by molar-refractivity contribution is 8.00. The van der Waals surface area contributed by atoms with Crippen LogP contribution in [0.25, 0.3) is 0 Å². The molecular weight excluding hydrogens is 337 g/mol. The first-order chi connectivity index (χ1) is 9.57. The summed E-state index contributed by atoms with van der Waals surface area (Å²) in [6.45, 7) is 5.99. The maximum Gasteiger partial charge on any atom is 0.446 e. The summed E-state index contributed by atoms with van der Waals surface area (Å²) in [6, 6.07) is 5.31. The Bertz CT molecular complexity index is 494. The van der Waals surface area contributed by atoms with Gasteiger partial charge in [-0.3, -0.25) is 4.79 Å². The maximum absolute atomic E-state index is 12.2. The quantitative estimate of drug-likeness (QED) is 0.788. The fourth-order valence-corrected chi connectivity index (χ4v) is 2.11. The minimum absolute atomic E-state index is 0. The van der Waals surface area contributed by atoms with E-state index in [0.717, 1.165) is 0 Å². The Morgan fingerprint density at radius 2 is 1.77 bits per heavy atom. The lowest BCUT2D eigenvalue weighted by molar-refractivity contribution is -0.0328. The van der Waals surface area contributed by atoms with Gasteiger partial charge in [-0.1, -0.05) is 13.8 Å². The van der Waals surface area contributed by atoms with Gasteiger partial charge in [-0.05, 0) is 48.9 Å². The third-order valence-electron chi connectivity index (χ3n) is 3.45. The molecule has 22 heavy (non-hydrogen) atoms. The highest BCUT2D eigenvalue weighted by atomic mass is 35.5. The standard InChI is InChI=1S/C14H19F3N2OS.ClH/c1-9(2)13(3,8-18)19-12(20)10-4-6-11(7-5-10)21-14(15,16)17;/h4-7,9H,8,18H2,1-3H3,(H,19,20);1H. The van der Waals surface area contributed by atoms with Crippen molar-refractivity contribution in [3.63, 3.8) is 0 Å². The fraction of sp³-hybridized carbons (Fsp3) is 0.500. The summed E-state index contributed by atoms with van der Waals surface area (Å²) in [7, 11) is 0. The van der Waals surface area contributed by atoms with Crippen LogP contribution in [0.15, 0.2) is 29.2 Å². The van der Waals surface area contributed by atoms with Crippen LogP contribution in [-0.4, -0.2) is 23.5 Å². The lowest BCUT2D eigenvalue weighted by Crippen LogP contribution is -2.55. The molecule has 1 unspecified atom stereocenters. The van der Waals surface area contributed by atoms with Crippen molar-refractivity contribution in [1.29, 1.82) is 0 Å². The Morgan fingerprint density at radius 3 is 2.14 bits per heavy atom. The molecule has 0 radical (unpaired) electrons. The van der Waals surface area contributed by atoms with Crippen LogP contribution in [0, 0.1) is 5.92 Å². The first-order valence-corrected chi connectivity index (χ1v) is 7.27. The van der Waals surface area contributed by atoms with Gasteiger partial charge in [0.05, 0.1) is 5.54 Å². The van der Waals surface area contributed by atoms with E-state index in [-0.39, 0.29) is 47.4 Å². The SMILES string of the molecule is CC(C)C(C)(CN)NC(=O)c1ccc(SC(F)(F)F)cc1.Cl. The molecular formula is C14H20ClF3N2OS. The van der Waals surface area contributed by atoms with Crippen molar-refractivity contribution in [3.8, 4) is 0 Å². The zero-order chi connectivity index (χ0) is 16.3. The van der Waals surface area contributed by atoms with Crippen LogP contribution in [0.3, 0.4) is 0 Å². The molecule has 1 aromatic rings. The number of thioether (sulfide) groups is 1. The summed E-state index contributed by atoms with van der Waals surface area (Å²) >= 11 is -0.208. The van der Waals surface area contributed by atoms with Gasteiger partial charge in [0, 0.05) is 17.0 Å². The number of benzene rings is 1. The summed E-state index contributed by atoms with van der Waals surface area (Å²) in [4.78, 5) is 12.2. The van der Waals surface area contributed by atoms with Gasteiger partial charge in [0.1, 0.15) is 0 Å². The van der Waals surface area contributed by atoms with Gasteiger partial charge in [0.2, 0.25) is 0 Å². The molecule has 0 aliphatic rings. The number of carbonyl (C=O) groups is 1. The number of nitrogens with two attached hydrogens (primary N) is 1. The minimum Gasteiger partial charge on any atom is -0.345 e. The molecule has 0 fully saturated rings. The Balaban J connectivity index is 0.00000441. The van der Waals surface area contributed by atoms with E-state index in [4.69, 9.17) is 5.73 Å². The average molecular weight is 357 g/mol. The molecule has 1 aromatic carbocycles. The van der Waals surface area contributed by atoms with E-state index in [1.54, 1.807) is 0 Å². The Morgan fingerprint density at radius 1 is 1.27 bits per heavy atom. The topological polar surface area (TPSA) is 55.1 Å². The monoisotopic (exact) mass is 356 g/mol. The van der Waals surface area contributed by atoms with Crippen LogP contribution in [0.1, 0.15) is 31.1 Å². The van der Waals surface area contributed by atoms with Gasteiger partial charge < -0.3 is 11.1 Å². The molecule has 8 heteroatoms. The molecule has 126 valence electrons. The molecule has 1 atom stereocenters. The second kappa shape index (κ2) is 8.08. The third-order valence-corrected chi connectivity index (χ3v) is 4.19. The van der Waals surface area contributed by atoms with Gasteiger partial charge in [0.25, 0.3) is 5.91 Å². The summed E-state index contributed by atoms with van der Waals surface area (Å²) in [5.74, 6) is -0.216. The summed E-state index contributed by atoms with van der Waals surface area (Å²) in [5, 5.41) is 2.83. The number of alkyl halides is 3. The number of halogens is 4. The summed E-state index contributed by atoms with van der Waals surface area (Å²) < 4.78 is 36.7. The highest BCUT2D eigenvalue weighted by Crippen LogP contribution is 2.36. The smallest absolute Gasteiger partial charge is 0.345 e. The molecule has 0 bridgehead atoms. The lowest BCUT2D eigenvalue weighted by atomic mass is 9.88. The molecule has 1 amide bonds. The number of hydrogen-bond donors (Lipinski definition) is 2. The maximum atomic E-state index is 12.2. The van der Waals surface area contributed by atoms with Crippen LogP contribution >= 0.6 is 24.2 Å². The van der Waals surface area contributed by atoms with Gasteiger partial charge in [-0.15, -0.1) is 12.4 Å². The Labute approximate surface area is 138 Å². The zero-order valence-electron chi connectivity index (χ0n) is 12.5. The predicted octanol–water partition coefficient (Wildman–Crippen LogP) is 3.82. The normalized spacial score (nSPS) is 14.2.